The maximum atomic E-state index is 6.21. The first-order chi connectivity index (χ1) is 6.79. The molecule has 2 fully saturated rings. The first-order valence-electron chi connectivity index (χ1n) is 6.01. The summed E-state index contributed by atoms with van der Waals surface area (Å²) in [6, 6.07) is 1.74. The van der Waals surface area contributed by atoms with Crippen molar-refractivity contribution in [2.75, 3.05) is 19.6 Å². The van der Waals surface area contributed by atoms with Gasteiger partial charge in [-0.05, 0) is 19.8 Å². The molecule has 14 heavy (non-hydrogen) atoms. The smallest absolute Gasteiger partial charge is 0.0251 e. The summed E-state index contributed by atoms with van der Waals surface area (Å²) >= 11 is 0. The fourth-order valence-electron chi connectivity index (χ4n) is 2.90. The molecule has 2 aliphatic rings. The zero-order valence-corrected chi connectivity index (χ0v) is 9.21. The topological polar surface area (TPSA) is 41.3 Å². The summed E-state index contributed by atoms with van der Waals surface area (Å²) in [7, 11) is 0. The predicted octanol–water partition coefficient (Wildman–Crippen LogP) is 0.550. The Morgan fingerprint density at radius 3 is 2.79 bits per heavy atom. The summed E-state index contributed by atoms with van der Waals surface area (Å²) in [4.78, 5) is 2.63. The van der Waals surface area contributed by atoms with Gasteiger partial charge in [0.1, 0.15) is 0 Å². The van der Waals surface area contributed by atoms with Crippen molar-refractivity contribution in [3.05, 3.63) is 0 Å². The zero-order chi connectivity index (χ0) is 9.97. The van der Waals surface area contributed by atoms with E-state index in [1.54, 1.807) is 0 Å². The van der Waals surface area contributed by atoms with Crippen molar-refractivity contribution in [3.63, 3.8) is 0 Å². The molecule has 0 amide bonds. The van der Waals surface area contributed by atoms with E-state index in [9.17, 15) is 0 Å². The molecule has 0 aromatic heterocycles. The van der Waals surface area contributed by atoms with Crippen molar-refractivity contribution in [1.82, 2.24) is 10.2 Å². The number of hydrogen-bond donors (Lipinski definition) is 2. The third-order valence-electron chi connectivity index (χ3n) is 3.76. The Balaban J connectivity index is 1.96. The van der Waals surface area contributed by atoms with Gasteiger partial charge < -0.3 is 11.1 Å². The molecule has 3 nitrogen and oxygen atoms in total. The van der Waals surface area contributed by atoms with Gasteiger partial charge in [-0.25, -0.2) is 0 Å². The first kappa shape index (κ1) is 10.4. The molecule has 1 aliphatic carbocycles. The third-order valence-corrected chi connectivity index (χ3v) is 3.76. The van der Waals surface area contributed by atoms with E-state index >= 15 is 0 Å². The maximum Gasteiger partial charge on any atom is 0.0251 e. The van der Waals surface area contributed by atoms with Crippen LogP contribution in [0.4, 0.5) is 0 Å². The van der Waals surface area contributed by atoms with Gasteiger partial charge in [0.25, 0.3) is 0 Å². The van der Waals surface area contributed by atoms with Crippen molar-refractivity contribution in [2.24, 2.45) is 5.73 Å². The lowest BCUT2D eigenvalue weighted by Crippen LogP contribution is -2.59. The molecule has 2 rings (SSSR count). The van der Waals surface area contributed by atoms with Crippen LogP contribution in [0.5, 0.6) is 0 Å². The Morgan fingerprint density at radius 2 is 2.07 bits per heavy atom. The van der Waals surface area contributed by atoms with E-state index in [0.29, 0.717) is 18.1 Å². The summed E-state index contributed by atoms with van der Waals surface area (Å²) in [5.41, 5.74) is 6.21. The zero-order valence-electron chi connectivity index (χ0n) is 9.21. The predicted molar refractivity (Wildman–Crippen MR) is 59.3 cm³/mol. The van der Waals surface area contributed by atoms with Crippen molar-refractivity contribution >= 4 is 0 Å². The number of nitrogens with two attached hydrogens (primary N) is 1. The van der Waals surface area contributed by atoms with Crippen LogP contribution in [-0.4, -0.2) is 42.7 Å². The van der Waals surface area contributed by atoms with Crippen LogP contribution in [0.3, 0.4) is 0 Å². The second kappa shape index (κ2) is 4.60. The lowest BCUT2D eigenvalue weighted by molar-refractivity contribution is 0.0786. The summed E-state index contributed by atoms with van der Waals surface area (Å²) in [6.45, 7) is 5.75. The molecule has 1 saturated carbocycles. The molecule has 3 atom stereocenters. The van der Waals surface area contributed by atoms with E-state index in [-0.39, 0.29) is 0 Å². The lowest BCUT2D eigenvalue weighted by atomic mass is 9.88. The second-order valence-corrected chi connectivity index (χ2v) is 4.81. The minimum atomic E-state index is 0.421. The SMILES string of the molecule is CC1CNCCN1C1CCCCC1N. The first-order valence-corrected chi connectivity index (χ1v) is 6.01. The molecule has 0 spiro atoms. The Kier molecular flexibility index (Phi) is 3.42. The average Bonchev–Trinajstić information content (AvgIpc) is 2.20. The van der Waals surface area contributed by atoms with E-state index < -0.39 is 0 Å². The van der Waals surface area contributed by atoms with E-state index in [2.05, 4.69) is 17.1 Å². The molecule has 0 radical (unpaired) electrons. The number of piperazine rings is 1. The van der Waals surface area contributed by atoms with Gasteiger partial charge in [0, 0.05) is 37.8 Å². The van der Waals surface area contributed by atoms with Gasteiger partial charge in [0.15, 0.2) is 0 Å². The van der Waals surface area contributed by atoms with Crippen LogP contribution in [0.25, 0.3) is 0 Å². The van der Waals surface area contributed by atoms with Crippen molar-refractivity contribution in [2.45, 2.75) is 50.7 Å². The second-order valence-electron chi connectivity index (χ2n) is 4.81. The van der Waals surface area contributed by atoms with E-state index in [0.717, 1.165) is 13.1 Å². The number of nitrogens with zero attached hydrogens (tertiary/aromatic N) is 1. The largest absolute Gasteiger partial charge is 0.326 e. The highest BCUT2D eigenvalue weighted by atomic mass is 15.2. The molecule has 0 aromatic carbocycles. The number of rotatable bonds is 1. The molecular formula is C11H23N3. The van der Waals surface area contributed by atoms with Crippen molar-refractivity contribution < 1.29 is 0 Å². The number of nitrogens with one attached hydrogen (secondary N) is 1. The fourth-order valence-corrected chi connectivity index (χ4v) is 2.90. The third kappa shape index (κ3) is 2.10. The Labute approximate surface area is 87.0 Å². The molecule has 82 valence electrons. The Hall–Kier alpha value is -0.120. The summed E-state index contributed by atoms with van der Waals surface area (Å²) in [6.07, 6.45) is 5.24. The van der Waals surface area contributed by atoms with Gasteiger partial charge in [0.05, 0.1) is 0 Å². The maximum absolute atomic E-state index is 6.21. The molecule has 3 unspecified atom stereocenters. The van der Waals surface area contributed by atoms with Gasteiger partial charge in [-0.2, -0.15) is 0 Å². The highest BCUT2D eigenvalue weighted by Crippen LogP contribution is 2.23. The van der Waals surface area contributed by atoms with Crippen LogP contribution >= 0.6 is 0 Å². The van der Waals surface area contributed by atoms with E-state index in [4.69, 9.17) is 5.73 Å². The molecule has 0 aromatic rings. The van der Waals surface area contributed by atoms with Gasteiger partial charge >= 0.3 is 0 Å². The minimum absolute atomic E-state index is 0.421. The van der Waals surface area contributed by atoms with Crippen molar-refractivity contribution in [1.29, 1.82) is 0 Å². The highest BCUT2D eigenvalue weighted by Gasteiger charge is 2.31. The molecule has 1 aliphatic heterocycles. The quantitative estimate of drug-likeness (QED) is 0.645. The van der Waals surface area contributed by atoms with E-state index in [1.807, 2.05) is 0 Å². The van der Waals surface area contributed by atoms with Crippen LogP contribution < -0.4 is 11.1 Å². The molecular weight excluding hydrogens is 174 g/mol. The molecule has 3 N–H and O–H groups in total. The van der Waals surface area contributed by atoms with Crippen LogP contribution in [0.15, 0.2) is 0 Å². The average molecular weight is 197 g/mol. The molecule has 1 saturated heterocycles. The lowest BCUT2D eigenvalue weighted by Gasteiger charge is -2.44. The summed E-state index contributed by atoms with van der Waals surface area (Å²) in [5.74, 6) is 0. The standard InChI is InChI=1S/C11H23N3/c1-9-8-13-6-7-14(9)11-5-3-2-4-10(11)12/h9-11,13H,2-8,12H2,1H3. The van der Waals surface area contributed by atoms with Crippen molar-refractivity contribution in [3.8, 4) is 0 Å². The molecule has 1 heterocycles. The molecule has 0 bridgehead atoms. The van der Waals surface area contributed by atoms with Crippen LogP contribution in [-0.2, 0) is 0 Å². The fraction of sp³-hybridized carbons (Fsp3) is 1.00. The summed E-state index contributed by atoms with van der Waals surface area (Å²) < 4.78 is 0. The van der Waals surface area contributed by atoms with E-state index in [1.165, 1.54) is 32.2 Å². The Bertz CT molecular complexity index is 163. The Morgan fingerprint density at radius 1 is 1.29 bits per heavy atom. The van der Waals surface area contributed by atoms with Gasteiger partial charge in [-0.15, -0.1) is 0 Å². The monoisotopic (exact) mass is 197 g/mol. The van der Waals surface area contributed by atoms with Crippen LogP contribution in [0.1, 0.15) is 32.6 Å². The minimum Gasteiger partial charge on any atom is -0.326 e. The normalized spacial score (nSPS) is 41.1. The van der Waals surface area contributed by atoms with Crippen LogP contribution in [0, 0.1) is 0 Å². The van der Waals surface area contributed by atoms with Gasteiger partial charge in [0.2, 0.25) is 0 Å². The molecule has 3 heteroatoms. The van der Waals surface area contributed by atoms with Crippen LogP contribution in [0.2, 0.25) is 0 Å². The number of hydrogen-bond acceptors (Lipinski definition) is 3. The van der Waals surface area contributed by atoms with Gasteiger partial charge in [-0.3, -0.25) is 4.90 Å². The highest BCUT2D eigenvalue weighted by molar-refractivity contribution is 4.90. The van der Waals surface area contributed by atoms with Gasteiger partial charge in [-0.1, -0.05) is 12.8 Å². The summed E-state index contributed by atoms with van der Waals surface area (Å²) in [5, 5.41) is 3.44.